The molecule has 2 aromatic rings. The van der Waals surface area contributed by atoms with Gasteiger partial charge in [-0.15, -0.1) is 0 Å². The fourth-order valence-electron chi connectivity index (χ4n) is 1.86. The molecule has 1 aromatic carbocycles. The minimum Gasteiger partial charge on any atom is -0.361 e. The van der Waals surface area contributed by atoms with E-state index in [1.54, 1.807) is 12.3 Å². The highest BCUT2D eigenvalue weighted by Gasteiger charge is 2.09. The maximum absolute atomic E-state index is 12.0. The van der Waals surface area contributed by atoms with Gasteiger partial charge in [-0.05, 0) is 36.8 Å². The van der Waals surface area contributed by atoms with E-state index in [-0.39, 0.29) is 6.03 Å². The van der Waals surface area contributed by atoms with Crippen LogP contribution in [0.5, 0.6) is 0 Å². The second-order valence-electron chi connectivity index (χ2n) is 4.72. The molecule has 0 saturated carbocycles. The van der Waals surface area contributed by atoms with Gasteiger partial charge in [0.25, 0.3) is 0 Å². The third kappa shape index (κ3) is 3.47. The van der Waals surface area contributed by atoms with Crippen LogP contribution in [0.3, 0.4) is 0 Å². The predicted octanol–water partition coefficient (Wildman–Crippen LogP) is 3.10. The topological polar surface area (TPSA) is 57.3 Å². The number of carbonyl (C=O) groups is 1. The van der Waals surface area contributed by atoms with Gasteiger partial charge in [-0.25, -0.2) is 9.78 Å². The summed E-state index contributed by atoms with van der Waals surface area (Å²) in [7, 11) is 3.76. The second kappa shape index (κ2) is 6.06. The number of pyridine rings is 1. The number of hydrogen-bond donors (Lipinski definition) is 2. The molecular weight excluding hydrogens is 252 g/mol. The molecule has 0 aliphatic carbocycles. The van der Waals surface area contributed by atoms with E-state index in [0.29, 0.717) is 11.5 Å². The lowest BCUT2D eigenvalue weighted by Crippen LogP contribution is -2.22. The van der Waals surface area contributed by atoms with Gasteiger partial charge in [0.05, 0.1) is 5.69 Å². The first kappa shape index (κ1) is 13.9. The Morgan fingerprint density at radius 1 is 1.15 bits per heavy atom. The van der Waals surface area contributed by atoms with E-state index in [1.165, 1.54) is 0 Å². The minimum absolute atomic E-state index is 0.285. The lowest BCUT2D eigenvalue weighted by Gasteiger charge is -2.16. The third-order valence-corrected chi connectivity index (χ3v) is 2.73. The number of urea groups is 1. The molecule has 5 nitrogen and oxygen atoms in total. The van der Waals surface area contributed by atoms with Crippen molar-refractivity contribution in [3.63, 3.8) is 0 Å². The number of carbonyl (C=O) groups excluding carboxylic acids is 1. The summed E-state index contributed by atoms with van der Waals surface area (Å²) in [5.74, 6) is 0.715. The molecule has 104 valence electrons. The van der Waals surface area contributed by atoms with Gasteiger partial charge in [0.15, 0.2) is 5.82 Å². The smallest absolute Gasteiger partial charge is 0.323 e. The van der Waals surface area contributed by atoms with Crippen LogP contribution in [-0.4, -0.2) is 25.1 Å². The molecule has 1 heterocycles. The van der Waals surface area contributed by atoms with Crippen LogP contribution in [0.25, 0.3) is 0 Å². The lowest BCUT2D eigenvalue weighted by molar-refractivity contribution is 0.262. The van der Waals surface area contributed by atoms with Gasteiger partial charge < -0.3 is 15.5 Å². The Balaban J connectivity index is 2.09. The van der Waals surface area contributed by atoms with E-state index in [2.05, 4.69) is 15.6 Å². The number of aryl methyl sites for hydroxylation is 1. The highest BCUT2D eigenvalue weighted by atomic mass is 16.2. The molecule has 0 bridgehead atoms. The van der Waals surface area contributed by atoms with Gasteiger partial charge in [-0.2, -0.15) is 0 Å². The molecule has 0 saturated heterocycles. The number of anilines is 3. The van der Waals surface area contributed by atoms with E-state index in [1.807, 2.05) is 56.3 Å². The third-order valence-electron chi connectivity index (χ3n) is 2.73. The van der Waals surface area contributed by atoms with Crippen molar-refractivity contribution in [1.82, 2.24) is 4.98 Å². The Kier molecular flexibility index (Phi) is 4.20. The highest BCUT2D eigenvalue weighted by molar-refractivity contribution is 6.01. The average Bonchev–Trinajstić information content (AvgIpc) is 2.38. The van der Waals surface area contributed by atoms with E-state index in [0.717, 1.165) is 11.3 Å². The Morgan fingerprint density at radius 2 is 1.95 bits per heavy atom. The first-order valence-corrected chi connectivity index (χ1v) is 6.33. The summed E-state index contributed by atoms with van der Waals surface area (Å²) in [6.45, 7) is 1.98. The molecule has 2 N–H and O–H groups in total. The molecule has 0 aliphatic rings. The van der Waals surface area contributed by atoms with E-state index >= 15 is 0 Å². The lowest BCUT2D eigenvalue weighted by atomic mass is 10.2. The molecule has 5 heteroatoms. The maximum atomic E-state index is 12.0. The number of aromatic nitrogens is 1. The largest absolute Gasteiger partial charge is 0.361 e. The van der Waals surface area contributed by atoms with Crippen LogP contribution in [0.1, 0.15) is 5.56 Å². The van der Waals surface area contributed by atoms with Gasteiger partial charge in [-0.3, -0.25) is 0 Å². The van der Waals surface area contributed by atoms with E-state index < -0.39 is 0 Å². The number of nitrogens with one attached hydrogen (secondary N) is 2. The molecule has 1 aromatic heterocycles. The molecule has 20 heavy (non-hydrogen) atoms. The summed E-state index contributed by atoms with van der Waals surface area (Å²) in [5, 5.41) is 5.61. The molecular formula is C15H18N4O. The van der Waals surface area contributed by atoms with Crippen LogP contribution in [0.15, 0.2) is 42.6 Å². The molecule has 0 radical (unpaired) electrons. The normalized spacial score (nSPS) is 9.95. The number of benzene rings is 1. The number of nitrogens with zero attached hydrogens (tertiary/aromatic N) is 2. The van der Waals surface area contributed by atoms with Crippen LogP contribution >= 0.6 is 0 Å². The van der Waals surface area contributed by atoms with Crippen molar-refractivity contribution < 1.29 is 4.79 Å². The quantitative estimate of drug-likeness (QED) is 0.901. The number of hydrogen-bond acceptors (Lipinski definition) is 3. The Hall–Kier alpha value is -2.56. The molecule has 0 aliphatic heterocycles. The first-order valence-electron chi connectivity index (χ1n) is 6.33. The molecule has 0 fully saturated rings. The molecule has 0 atom stereocenters. The zero-order chi connectivity index (χ0) is 14.5. The van der Waals surface area contributed by atoms with Crippen molar-refractivity contribution in [1.29, 1.82) is 0 Å². The van der Waals surface area contributed by atoms with Crippen molar-refractivity contribution in [2.75, 3.05) is 29.6 Å². The minimum atomic E-state index is -0.285. The number of rotatable bonds is 3. The average molecular weight is 270 g/mol. The van der Waals surface area contributed by atoms with Gasteiger partial charge in [0.2, 0.25) is 0 Å². The van der Waals surface area contributed by atoms with Gasteiger partial charge in [0.1, 0.15) is 0 Å². The summed E-state index contributed by atoms with van der Waals surface area (Å²) in [6, 6.07) is 11.0. The standard InChI is InChI=1S/C15H18N4O/c1-11-6-4-7-12(10-11)17-15(20)18-13-8-5-9-16-14(13)19(2)3/h4-10H,1-3H3,(H2,17,18,20). The number of amides is 2. The fraction of sp³-hybridized carbons (Fsp3) is 0.200. The van der Waals surface area contributed by atoms with Crippen LogP contribution < -0.4 is 15.5 Å². The molecule has 0 unspecified atom stereocenters. The van der Waals surface area contributed by atoms with Crippen molar-refractivity contribution in [3.05, 3.63) is 48.2 Å². The summed E-state index contributed by atoms with van der Waals surface area (Å²) in [5.41, 5.74) is 2.53. The SMILES string of the molecule is Cc1cccc(NC(=O)Nc2cccnc2N(C)C)c1. The van der Waals surface area contributed by atoms with Crippen molar-refractivity contribution in [2.45, 2.75) is 6.92 Å². The Morgan fingerprint density at radius 3 is 2.65 bits per heavy atom. The predicted molar refractivity (Wildman–Crippen MR) is 82.4 cm³/mol. The van der Waals surface area contributed by atoms with E-state index in [9.17, 15) is 4.79 Å². The molecule has 2 amide bonds. The summed E-state index contributed by atoms with van der Waals surface area (Å²) < 4.78 is 0. The maximum Gasteiger partial charge on any atom is 0.323 e. The Bertz CT molecular complexity index is 610. The van der Waals surface area contributed by atoms with Crippen LogP contribution in [-0.2, 0) is 0 Å². The molecule has 2 rings (SSSR count). The van der Waals surface area contributed by atoms with Gasteiger partial charge >= 0.3 is 6.03 Å². The fourth-order valence-corrected chi connectivity index (χ4v) is 1.86. The van der Waals surface area contributed by atoms with Crippen molar-refractivity contribution in [2.24, 2.45) is 0 Å². The summed E-state index contributed by atoms with van der Waals surface area (Å²) >= 11 is 0. The van der Waals surface area contributed by atoms with E-state index in [4.69, 9.17) is 0 Å². The highest BCUT2D eigenvalue weighted by Crippen LogP contribution is 2.20. The second-order valence-corrected chi connectivity index (χ2v) is 4.72. The zero-order valence-corrected chi connectivity index (χ0v) is 11.8. The summed E-state index contributed by atoms with van der Waals surface area (Å²) in [4.78, 5) is 18.1. The van der Waals surface area contributed by atoms with Crippen LogP contribution in [0.2, 0.25) is 0 Å². The monoisotopic (exact) mass is 270 g/mol. The van der Waals surface area contributed by atoms with Gasteiger partial charge in [0, 0.05) is 26.0 Å². The van der Waals surface area contributed by atoms with Gasteiger partial charge in [-0.1, -0.05) is 12.1 Å². The summed E-state index contributed by atoms with van der Waals surface area (Å²) in [6.07, 6.45) is 1.69. The van der Waals surface area contributed by atoms with Crippen LogP contribution in [0, 0.1) is 6.92 Å². The first-order chi connectivity index (χ1) is 9.56. The van der Waals surface area contributed by atoms with Crippen molar-refractivity contribution >= 4 is 23.2 Å². The zero-order valence-electron chi connectivity index (χ0n) is 11.8. The Labute approximate surface area is 118 Å². The molecule has 0 spiro atoms. The van der Waals surface area contributed by atoms with Crippen LogP contribution in [0.4, 0.5) is 22.0 Å². The van der Waals surface area contributed by atoms with Crippen molar-refractivity contribution in [3.8, 4) is 0 Å².